The highest BCUT2D eigenvalue weighted by Crippen LogP contribution is 2.37. The lowest BCUT2D eigenvalue weighted by Crippen LogP contribution is -2.40. The molecule has 2 heterocycles. The van der Waals surface area contributed by atoms with Crippen molar-refractivity contribution in [2.75, 3.05) is 6.61 Å². The molecule has 2 aromatic carbocycles. The van der Waals surface area contributed by atoms with Crippen molar-refractivity contribution in [1.29, 1.82) is 0 Å². The molecule has 0 fully saturated rings. The van der Waals surface area contributed by atoms with Crippen LogP contribution in [0.2, 0.25) is 0 Å². The number of phenols is 1. The van der Waals surface area contributed by atoms with Crippen LogP contribution < -0.4 is 14.9 Å². The summed E-state index contributed by atoms with van der Waals surface area (Å²) in [5, 5.41) is 32.9. The minimum Gasteiger partial charge on any atom is -0.497 e. The maximum absolute atomic E-state index is 13.9. The Morgan fingerprint density at radius 3 is 2.27 bits per heavy atom. The van der Waals surface area contributed by atoms with Gasteiger partial charge in [-0.1, -0.05) is 62.8 Å². The van der Waals surface area contributed by atoms with E-state index in [-0.39, 0.29) is 28.2 Å². The van der Waals surface area contributed by atoms with E-state index in [2.05, 4.69) is 18.8 Å². The van der Waals surface area contributed by atoms with Gasteiger partial charge in [-0.15, -0.1) is 0 Å². The molecule has 0 bridgehead atoms. The highest BCUT2D eigenvalue weighted by molar-refractivity contribution is 7.07. The number of nitrogens with zero attached hydrogens (tertiary/aromatic N) is 4. The third-order valence-corrected chi connectivity index (χ3v) is 7.58. The fourth-order valence-corrected chi connectivity index (χ4v) is 5.66. The van der Waals surface area contributed by atoms with Crippen molar-refractivity contribution in [2.24, 2.45) is 4.99 Å². The number of rotatable bonds is 9. The first kappa shape index (κ1) is 29.3. The van der Waals surface area contributed by atoms with E-state index in [1.807, 2.05) is 31.2 Å². The van der Waals surface area contributed by atoms with E-state index >= 15 is 0 Å². The van der Waals surface area contributed by atoms with Gasteiger partial charge < -0.3 is 9.84 Å². The molecule has 1 aliphatic heterocycles. The second-order valence-corrected chi connectivity index (χ2v) is 10.7. The van der Waals surface area contributed by atoms with Crippen molar-refractivity contribution in [3.05, 3.63) is 104 Å². The molecule has 0 saturated heterocycles. The van der Waals surface area contributed by atoms with Crippen molar-refractivity contribution >= 4 is 34.8 Å². The van der Waals surface area contributed by atoms with Crippen LogP contribution in [-0.2, 0) is 9.53 Å². The Bertz CT molecular complexity index is 1720. The van der Waals surface area contributed by atoms with Crippen LogP contribution in [0.1, 0.15) is 69.2 Å². The fourth-order valence-electron chi connectivity index (χ4n) is 4.64. The van der Waals surface area contributed by atoms with Crippen molar-refractivity contribution in [2.45, 2.75) is 52.5 Å². The summed E-state index contributed by atoms with van der Waals surface area (Å²) in [5.41, 5.74) is 0.197. The van der Waals surface area contributed by atoms with Crippen LogP contribution in [0.25, 0.3) is 6.08 Å². The number of hydrogen-bond donors (Lipinski definition) is 1. The molecule has 1 atom stereocenters. The van der Waals surface area contributed by atoms with Crippen molar-refractivity contribution in [3.63, 3.8) is 0 Å². The molecule has 214 valence electrons. The average Bonchev–Trinajstić information content (AvgIpc) is 3.23. The minimum atomic E-state index is -1.08. The molecule has 1 aliphatic rings. The zero-order chi connectivity index (χ0) is 30.0. The number of allylic oxidation sites excluding steroid dienone is 1. The first-order chi connectivity index (χ1) is 19.5. The van der Waals surface area contributed by atoms with Crippen LogP contribution in [0.3, 0.4) is 0 Å². The second kappa shape index (κ2) is 11.8. The van der Waals surface area contributed by atoms with Gasteiger partial charge in [-0.2, -0.15) is 0 Å². The summed E-state index contributed by atoms with van der Waals surface area (Å²) < 4.78 is 6.85. The van der Waals surface area contributed by atoms with Gasteiger partial charge >= 0.3 is 17.3 Å². The number of nitro benzene ring substituents is 2. The third-order valence-electron chi connectivity index (χ3n) is 6.59. The lowest BCUT2D eigenvalue weighted by Gasteiger charge is -2.26. The smallest absolute Gasteiger partial charge is 0.338 e. The fraction of sp³-hybridized carbons (Fsp3) is 0.321. The predicted octanol–water partition coefficient (Wildman–Crippen LogP) is 4.22. The Balaban J connectivity index is 2.01. The molecule has 1 aromatic heterocycles. The summed E-state index contributed by atoms with van der Waals surface area (Å²) in [5.74, 6) is -1.40. The van der Waals surface area contributed by atoms with Gasteiger partial charge in [0, 0.05) is 12.1 Å². The van der Waals surface area contributed by atoms with Gasteiger partial charge in [0.05, 0.1) is 38.3 Å². The van der Waals surface area contributed by atoms with Gasteiger partial charge in [-0.3, -0.25) is 29.6 Å². The zero-order valence-corrected chi connectivity index (χ0v) is 23.6. The van der Waals surface area contributed by atoms with E-state index in [4.69, 9.17) is 4.74 Å². The van der Waals surface area contributed by atoms with E-state index in [0.717, 1.165) is 29.0 Å². The molecule has 12 nitrogen and oxygen atoms in total. The Kier molecular flexibility index (Phi) is 8.47. The number of fused-ring (bicyclic) bond motifs is 1. The number of phenolic OH excluding ortho intramolecular Hbond substituents is 1. The number of carbonyl (C=O) groups excluding carboxylic acids is 1. The summed E-state index contributed by atoms with van der Waals surface area (Å²) >= 11 is 0.992. The van der Waals surface area contributed by atoms with Gasteiger partial charge in [0.25, 0.3) is 11.3 Å². The van der Waals surface area contributed by atoms with Gasteiger partial charge in [-0.25, -0.2) is 9.79 Å². The Labute approximate surface area is 237 Å². The van der Waals surface area contributed by atoms with E-state index < -0.39 is 44.5 Å². The number of hydrogen-bond acceptors (Lipinski definition) is 10. The van der Waals surface area contributed by atoms with Gasteiger partial charge in [0.1, 0.15) is 0 Å². The lowest BCUT2D eigenvalue weighted by atomic mass is 9.92. The predicted molar refractivity (Wildman–Crippen MR) is 152 cm³/mol. The first-order valence-electron chi connectivity index (χ1n) is 13.0. The van der Waals surface area contributed by atoms with Gasteiger partial charge in [0.15, 0.2) is 4.80 Å². The highest BCUT2D eigenvalue weighted by Gasteiger charge is 2.34. The van der Waals surface area contributed by atoms with Crippen LogP contribution in [0.4, 0.5) is 11.4 Å². The van der Waals surface area contributed by atoms with Crippen LogP contribution >= 0.6 is 11.3 Å². The monoisotopic (exact) mass is 580 g/mol. The molecule has 0 amide bonds. The summed E-state index contributed by atoms with van der Waals surface area (Å²) in [7, 11) is 0. The Hall–Kier alpha value is -4.65. The first-order valence-corrected chi connectivity index (χ1v) is 13.8. The molecule has 13 heteroatoms. The quantitative estimate of drug-likeness (QED) is 0.223. The Morgan fingerprint density at radius 2 is 1.76 bits per heavy atom. The maximum Gasteiger partial charge on any atom is 0.338 e. The molecule has 0 unspecified atom stereocenters. The van der Waals surface area contributed by atoms with E-state index in [1.165, 1.54) is 10.6 Å². The number of ether oxygens (including phenoxy) is 1. The van der Waals surface area contributed by atoms with Crippen LogP contribution in [0, 0.1) is 20.2 Å². The summed E-state index contributed by atoms with van der Waals surface area (Å²) in [6.45, 7) is 7.87. The zero-order valence-electron chi connectivity index (χ0n) is 22.8. The standard InChI is InChI=1S/C28H28N4O8S/c1-5-7-19-23(27(35)40-6-2)24(18-10-8-17(9-11-18)15(3)4)30-26(34)22(41-28(30)29-19)14-16-12-20(31(36)37)25(33)21(13-16)32(38)39/h8-15,24,33H,5-7H2,1-4H3/b22-14-/t24-/m1/s1. The molecule has 4 rings (SSSR count). The summed E-state index contributed by atoms with van der Waals surface area (Å²) in [6.07, 6.45) is 2.40. The Morgan fingerprint density at radius 1 is 1.15 bits per heavy atom. The molecular weight excluding hydrogens is 552 g/mol. The molecule has 0 aliphatic carbocycles. The maximum atomic E-state index is 13.9. The van der Waals surface area contributed by atoms with Crippen molar-refractivity contribution in [3.8, 4) is 5.75 Å². The number of aromatic hydroxyl groups is 1. The van der Waals surface area contributed by atoms with Crippen LogP contribution in [0.5, 0.6) is 5.75 Å². The lowest BCUT2D eigenvalue weighted by molar-refractivity contribution is -0.396. The average molecular weight is 581 g/mol. The number of aromatic nitrogens is 1. The third kappa shape index (κ3) is 5.66. The topological polar surface area (TPSA) is 167 Å². The summed E-state index contributed by atoms with van der Waals surface area (Å²) in [6, 6.07) is 8.65. The van der Waals surface area contributed by atoms with Crippen LogP contribution in [-0.4, -0.2) is 32.1 Å². The molecule has 41 heavy (non-hydrogen) atoms. The van der Waals surface area contributed by atoms with Gasteiger partial charge in [-0.05, 0) is 42.0 Å². The molecule has 1 N–H and O–H groups in total. The molecular formula is C28H28N4O8S. The summed E-state index contributed by atoms with van der Waals surface area (Å²) in [4.78, 5) is 53.1. The van der Waals surface area contributed by atoms with Gasteiger partial charge in [0.2, 0.25) is 0 Å². The van der Waals surface area contributed by atoms with E-state index in [0.29, 0.717) is 28.9 Å². The number of nitro groups is 2. The highest BCUT2D eigenvalue weighted by atomic mass is 32.1. The largest absolute Gasteiger partial charge is 0.497 e. The molecule has 0 radical (unpaired) electrons. The van der Waals surface area contributed by atoms with Crippen LogP contribution in [0.15, 0.2) is 57.5 Å². The molecule has 0 spiro atoms. The number of esters is 1. The number of carbonyl (C=O) groups is 1. The van der Waals surface area contributed by atoms with E-state index in [1.54, 1.807) is 6.92 Å². The second-order valence-electron chi connectivity index (χ2n) is 9.66. The normalized spacial score (nSPS) is 15.0. The number of thiazole rings is 1. The van der Waals surface area contributed by atoms with Crippen molar-refractivity contribution in [1.82, 2.24) is 4.57 Å². The number of benzene rings is 2. The SMILES string of the molecule is CCCC1=C(C(=O)OCC)[C@@H](c2ccc(C(C)C)cc2)n2c(s/c(=C\c3cc([N+](=O)[O-])c(O)c([N+](=O)[O-])c3)c2=O)=N1. The van der Waals surface area contributed by atoms with Crippen molar-refractivity contribution < 1.29 is 24.5 Å². The minimum absolute atomic E-state index is 0.0253. The van der Waals surface area contributed by atoms with E-state index in [9.17, 15) is 34.9 Å². The molecule has 3 aromatic rings. The molecule has 0 saturated carbocycles.